The highest BCUT2D eigenvalue weighted by Crippen LogP contribution is 1.97. The summed E-state index contributed by atoms with van der Waals surface area (Å²) in [6.07, 6.45) is 4.34. The zero-order valence-corrected chi connectivity index (χ0v) is 6.45. The number of carbonyl (C=O) groups excluding carboxylic acids is 1. The predicted octanol–water partition coefficient (Wildman–Crippen LogP) is 1.85. The van der Waals surface area contributed by atoms with Crippen LogP contribution in [0.2, 0.25) is 0 Å². The van der Waals surface area contributed by atoms with Crippen LogP contribution in [0.1, 0.15) is 6.42 Å². The van der Waals surface area contributed by atoms with E-state index < -0.39 is 0 Å². The largest absolute Gasteiger partial charge is 0.454 e. The molecule has 0 fully saturated rings. The van der Waals surface area contributed by atoms with Gasteiger partial charge in [0.05, 0.1) is 6.42 Å². The number of esters is 1. The summed E-state index contributed by atoms with van der Waals surface area (Å²) in [6.45, 7) is 10.3. The van der Waals surface area contributed by atoms with Gasteiger partial charge in [0.15, 0.2) is 0 Å². The summed E-state index contributed by atoms with van der Waals surface area (Å²) in [5.41, 5.74) is 0. The first kappa shape index (κ1) is 9.69. The van der Waals surface area contributed by atoms with E-state index in [4.69, 9.17) is 4.74 Å². The second kappa shape index (κ2) is 5.47. The maximum atomic E-state index is 10.8. The van der Waals surface area contributed by atoms with E-state index in [0.29, 0.717) is 0 Å². The third-order valence-corrected chi connectivity index (χ3v) is 1.04. The zero-order chi connectivity index (χ0) is 8.69. The average molecular weight is 152 g/mol. The van der Waals surface area contributed by atoms with E-state index in [-0.39, 0.29) is 18.5 Å². The first-order chi connectivity index (χ1) is 5.24. The van der Waals surface area contributed by atoms with Crippen LogP contribution in [0.15, 0.2) is 38.0 Å². The highest BCUT2D eigenvalue weighted by Gasteiger charge is 2.04. The third-order valence-electron chi connectivity index (χ3n) is 1.04. The summed E-state index contributed by atoms with van der Waals surface area (Å²) in [4.78, 5) is 10.8. The van der Waals surface area contributed by atoms with Gasteiger partial charge in [-0.05, 0) is 12.2 Å². The molecule has 0 spiro atoms. The summed E-state index contributed by atoms with van der Waals surface area (Å²) < 4.78 is 4.84. The van der Waals surface area contributed by atoms with Crippen LogP contribution in [0.4, 0.5) is 0 Å². The summed E-state index contributed by atoms with van der Waals surface area (Å²) in [5.74, 6) is -0.315. The molecule has 0 unspecified atom stereocenters. The Labute approximate surface area is 66.9 Å². The molecule has 2 nitrogen and oxygen atoms in total. The lowest BCUT2D eigenvalue weighted by atomic mass is 10.3. The Morgan fingerprint density at radius 3 is 2.27 bits per heavy atom. The Morgan fingerprint density at radius 2 is 1.91 bits per heavy atom. The van der Waals surface area contributed by atoms with Gasteiger partial charge in [-0.2, -0.15) is 0 Å². The number of carbonyl (C=O) groups is 1. The van der Waals surface area contributed by atoms with Crippen molar-refractivity contribution in [2.24, 2.45) is 0 Å². The summed E-state index contributed by atoms with van der Waals surface area (Å²) in [5, 5.41) is 0. The van der Waals surface area contributed by atoms with Crippen LogP contribution in [0.5, 0.6) is 0 Å². The molecule has 0 aromatic heterocycles. The molecule has 0 aromatic carbocycles. The molecule has 0 rings (SSSR count). The molecule has 0 aromatic rings. The fraction of sp³-hybridized carbons (Fsp3) is 0.222. The molecule has 0 N–H and O–H groups in total. The van der Waals surface area contributed by atoms with Crippen molar-refractivity contribution >= 4 is 5.97 Å². The Bertz CT molecular complexity index is 162. The number of ether oxygens (including phenoxy) is 1. The van der Waals surface area contributed by atoms with Crippen LogP contribution >= 0.6 is 0 Å². The Kier molecular flexibility index (Phi) is 4.82. The van der Waals surface area contributed by atoms with Gasteiger partial charge in [0.2, 0.25) is 0 Å². The predicted molar refractivity (Wildman–Crippen MR) is 45.1 cm³/mol. The van der Waals surface area contributed by atoms with E-state index in [0.717, 1.165) is 0 Å². The quantitative estimate of drug-likeness (QED) is 0.444. The highest BCUT2D eigenvalue weighted by atomic mass is 16.5. The van der Waals surface area contributed by atoms with Crippen molar-refractivity contribution in [1.82, 2.24) is 0 Å². The van der Waals surface area contributed by atoms with Crippen LogP contribution in [0, 0.1) is 0 Å². The molecule has 0 heterocycles. The molecule has 0 radical (unpaired) electrons. The minimum atomic E-state index is -0.387. The topological polar surface area (TPSA) is 26.3 Å². The molecular formula is C9H12O2. The molecule has 2 heteroatoms. The SMILES string of the molecule is C=CCC(=O)OC(C=C)C=C. The van der Waals surface area contributed by atoms with Crippen molar-refractivity contribution in [1.29, 1.82) is 0 Å². The second-order valence-corrected chi connectivity index (χ2v) is 1.92. The first-order valence-electron chi connectivity index (χ1n) is 3.30. The van der Waals surface area contributed by atoms with Gasteiger partial charge in [-0.25, -0.2) is 0 Å². The summed E-state index contributed by atoms with van der Waals surface area (Å²) >= 11 is 0. The van der Waals surface area contributed by atoms with E-state index in [1.807, 2.05) is 0 Å². The van der Waals surface area contributed by atoms with E-state index >= 15 is 0 Å². The lowest BCUT2D eigenvalue weighted by Gasteiger charge is -2.07. The molecule has 0 amide bonds. The number of rotatable bonds is 5. The minimum Gasteiger partial charge on any atom is -0.454 e. The van der Waals surface area contributed by atoms with Crippen molar-refractivity contribution in [3.8, 4) is 0 Å². The average Bonchev–Trinajstić information content (AvgIpc) is 2.01. The van der Waals surface area contributed by atoms with Crippen molar-refractivity contribution in [2.75, 3.05) is 0 Å². The molecule has 11 heavy (non-hydrogen) atoms. The fourth-order valence-corrected chi connectivity index (χ4v) is 0.510. The van der Waals surface area contributed by atoms with E-state index in [9.17, 15) is 4.79 Å². The lowest BCUT2D eigenvalue weighted by Crippen LogP contribution is -2.12. The van der Waals surface area contributed by atoms with Crippen molar-refractivity contribution in [3.63, 3.8) is 0 Å². The lowest BCUT2D eigenvalue weighted by molar-refractivity contribution is -0.144. The molecule has 0 aliphatic heterocycles. The smallest absolute Gasteiger partial charge is 0.310 e. The Hall–Kier alpha value is -1.31. The van der Waals surface area contributed by atoms with E-state index in [2.05, 4.69) is 19.7 Å². The zero-order valence-electron chi connectivity index (χ0n) is 6.45. The Balaban J connectivity index is 3.79. The molecule has 0 atom stereocenters. The summed E-state index contributed by atoms with van der Waals surface area (Å²) in [6, 6.07) is 0. The van der Waals surface area contributed by atoms with Crippen molar-refractivity contribution in [2.45, 2.75) is 12.5 Å². The van der Waals surface area contributed by atoms with Crippen LogP contribution in [0.25, 0.3) is 0 Å². The number of hydrogen-bond acceptors (Lipinski definition) is 2. The van der Waals surface area contributed by atoms with Gasteiger partial charge in [-0.3, -0.25) is 4.79 Å². The van der Waals surface area contributed by atoms with Crippen LogP contribution in [-0.2, 0) is 9.53 Å². The minimum absolute atomic E-state index is 0.220. The molecule has 0 saturated heterocycles. The number of hydrogen-bond donors (Lipinski definition) is 0. The monoisotopic (exact) mass is 152 g/mol. The Morgan fingerprint density at radius 1 is 1.36 bits per heavy atom. The van der Waals surface area contributed by atoms with Crippen LogP contribution < -0.4 is 0 Å². The van der Waals surface area contributed by atoms with Gasteiger partial charge in [-0.15, -0.1) is 6.58 Å². The van der Waals surface area contributed by atoms with E-state index in [1.54, 1.807) is 0 Å². The van der Waals surface area contributed by atoms with Gasteiger partial charge in [0.1, 0.15) is 6.10 Å². The maximum absolute atomic E-state index is 10.8. The summed E-state index contributed by atoms with van der Waals surface area (Å²) in [7, 11) is 0. The molecule has 0 aliphatic carbocycles. The second-order valence-electron chi connectivity index (χ2n) is 1.92. The molecule has 0 aliphatic rings. The van der Waals surface area contributed by atoms with E-state index in [1.165, 1.54) is 18.2 Å². The van der Waals surface area contributed by atoms with Crippen LogP contribution in [0.3, 0.4) is 0 Å². The van der Waals surface area contributed by atoms with Crippen molar-refractivity contribution in [3.05, 3.63) is 38.0 Å². The highest BCUT2D eigenvalue weighted by molar-refractivity contribution is 5.71. The van der Waals surface area contributed by atoms with Gasteiger partial charge in [-0.1, -0.05) is 19.2 Å². The van der Waals surface area contributed by atoms with Gasteiger partial charge < -0.3 is 4.74 Å². The van der Waals surface area contributed by atoms with Crippen LogP contribution in [-0.4, -0.2) is 12.1 Å². The van der Waals surface area contributed by atoms with Gasteiger partial charge in [0, 0.05) is 0 Å². The van der Waals surface area contributed by atoms with Gasteiger partial charge in [0.25, 0.3) is 0 Å². The first-order valence-corrected chi connectivity index (χ1v) is 3.30. The van der Waals surface area contributed by atoms with Crippen molar-refractivity contribution < 1.29 is 9.53 Å². The standard InChI is InChI=1S/C9H12O2/c1-4-7-9(10)11-8(5-2)6-3/h4-6,8H,1-3,7H2. The normalized spacial score (nSPS) is 8.82. The molecular weight excluding hydrogens is 140 g/mol. The molecule has 60 valence electrons. The third kappa shape index (κ3) is 4.14. The maximum Gasteiger partial charge on any atom is 0.310 e. The fourth-order valence-electron chi connectivity index (χ4n) is 0.510. The molecule has 0 saturated carbocycles. The van der Waals surface area contributed by atoms with Gasteiger partial charge >= 0.3 is 5.97 Å². The molecule has 0 bridgehead atoms.